The predicted molar refractivity (Wildman–Crippen MR) is 118 cm³/mol. The molecule has 0 unspecified atom stereocenters. The van der Waals surface area contributed by atoms with E-state index in [-0.39, 0.29) is 5.78 Å². The van der Waals surface area contributed by atoms with E-state index in [0.29, 0.717) is 18.8 Å². The van der Waals surface area contributed by atoms with Crippen LogP contribution in [0.15, 0.2) is 60.7 Å². The van der Waals surface area contributed by atoms with Crippen molar-refractivity contribution in [3.63, 3.8) is 0 Å². The van der Waals surface area contributed by atoms with Gasteiger partial charge in [-0.15, -0.1) is 0 Å². The molecule has 6 heteroatoms. The van der Waals surface area contributed by atoms with Gasteiger partial charge < -0.3 is 14.4 Å². The summed E-state index contributed by atoms with van der Waals surface area (Å²) in [6, 6.07) is 17.2. The first-order chi connectivity index (χ1) is 14.7. The Morgan fingerprint density at radius 2 is 1.77 bits per heavy atom. The van der Waals surface area contributed by atoms with E-state index in [1.807, 2.05) is 48.0 Å². The van der Waals surface area contributed by atoms with Gasteiger partial charge in [-0.3, -0.25) is 4.79 Å². The smallest absolute Gasteiger partial charge is 0.185 e. The van der Waals surface area contributed by atoms with Crippen LogP contribution in [-0.4, -0.2) is 49.0 Å². The number of carbonyl (C=O) groups excluding carboxylic acids is 1. The van der Waals surface area contributed by atoms with Crippen molar-refractivity contribution in [1.82, 2.24) is 9.78 Å². The van der Waals surface area contributed by atoms with Crippen molar-refractivity contribution in [2.45, 2.75) is 6.92 Å². The Kier molecular flexibility index (Phi) is 5.95. The number of aromatic nitrogens is 2. The third-order valence-corrected chi connectivity index (χ3v) is 5.17. The number of morpholine rings is 1. The molecule has 154 valence electrons. The van der Waals surface area contributed by atoms with Crippen LogP contribution in [0.2, 0.25) is 0 Å². The largest absolute Gasteiger partial charge is 0.497 e. The monoisotopic (exact) mass is 403 g/mol. The zero-order valence-electron chi connectivity index (χ0n) is 17.2. The van der Waals surface area contributed by atoms with Gasteiger partial charge in [-0.1, -0.05) is 18.2 Å². The third-order valence-electron chi connectivity index (χ3n) is 5.17. The number of benzene rings is 2. The SMILES string of the molecule is COc1ccc(C(=O)/C=C/c2c(C)nn(-c3ccccc3)c2N2CCOCC2)cc1. The van der Waals surface area contributed by atoms with Gasteiger partial charge in [0.1, 0.15) is 11.6 Å². The van der Waals surface area contributed by atoms with E-state index >= 15 is 0 Å². The van der Waals surface area contributed by atoms with E-state index < -0.39 is 0 Å². The molecule has 3 aromatic rings. The average Bonchev–Trinajstić information content (AvgIpc) is 3.14. The number of allylic oxidation sites excluding steroid dienone is 1. The van der Waals surface area contributed by atoms with Gasteiger partial charge in [0.05, 0.1) is 31.7 Å². The number of hydrogen-bond donors (Lipinski definition) is 0. The zero-order chi connectivity index (χ0) is 20.9. The molecular weight excluding hydrogens is 378 g/mol. The van der Waals surface area contributed by atoms with E-state index in [2.05, 4.69) is 4.90 Å². The number of hydrogen-bond acceptors (Lipinski definition) is 5. The summed E-state index contributed by atoms with van der Waals surface area (Å²) < 4.78 is 12.7. The molecule has 0 spiro atoms. The number of anilines is 1. The van der Waals surface area contributed by atoms with Gasteiger partial charge in [-0.25, -0.2) is 4.68 Å². The molecule has 0 radical (unpaired) electrons. The first kappa shape index (κ1) is 19.9. The van der Waals surface area contributed by atoms with Gasteiger partial charge in [0.25, 0.3) is 0 Å². The van der Waals surface area contributed by atoms with Crippen molar-refractivity contribution >= 4 is 17.7 Å². The van der Waals surface area contributed by atoms with E-state index in [4.69, 9.17) is 14.6 Å². The molecule has 2 aromatic carbocycles. The molecule has 30 heavy (non-hydrogen) atoms. The summed E-state index contributed by atoms with van der Waals surface area (Å²) in [5.41, 5.74) is 3.43. The Labute approximate surface area is 176 Å². The second-order valence-electron chi connectivity index (χ2n) is 7.10. The summed E-state index contributed by atoms with van der Waals surface area (Å²) in [4.78, 5) is 15.0. The fourth-order valence-corrected chi connectivity index (χ4v) is 3.56. The predicted octanol–water partition coefficient (Wildman–Crippen LogP) is 3.92. The van der Waals surface area contributed by atoms with Crippen LogP contribution >= 0.6 is 0 Å². The van der Waals surface area contributed by atoms with Crippen molar-refractivity contribution in [2.24, 2.45) is 0 Å². The van der Waals surface area contributed by atoms with E-state index in [1.165, 1.54) is 0 Å². The van der Waals surface area contributed by atoms with Crippen LogP contribution in [0.5, 0.6) is 5.75 Å². The molecule has 0 amide bonds. The Morgan fingerprint density at radius 3 is 2.43 bits per heavy atom. The second-order valence-corrected chi connectivity index (χ2v) is 7.10. The van der Waals surface area contributed by atoms with Gasteiger partial charge in [0.2, 0.25) is 0 Å². The van der Waals surface area contributed by atoms with Crippen LogP contribution in [-0.2, 0) is 4.74 Å². The molecule has 1 aliphatic heterocycles. The Hall–Kier alpha value is -3.38. The molecule has 0 N–H and O–H groups in total. The van der Waals surface area contributed by atoms with Crippen molar-refractivity contribution < 1.29 is 14.3 Å². The Morgan fingerprint density at radius 1 is 1.07 bits per heavy atom. The summed E-state index contributed by atoms with van der Waals surface area (Å²) in [5.74, 6) is 1.66. The fraction of sp³-hybridized carbons (Fsp3) is 0.250. The maximum Gasteiger partial charge on any atom is 0.185 e. The quantitative estimate of drug-likeness (QED) is 0.461. The van der Waals surface area contributed by atoms with Gasteiger partial charge in [0.15, 0.2) is 5.78 Å². The first-order valence-corrected chi connectivity index (χ1v) is 10.0. The van der Waals surface area contributed by atoms with E-state index in [0.717, 1.165) is 41.6 Å². The van der Waals surface area contributed by atoms with Crippen LogP contribution < -0.4 is 9.64 Å². The molecule has 1 aromatic heterocycles. The van der Waals surface area contributed by atoms with Gasteiger partial charge in [-0.2, -0.15) is 5.10 Å². The molecule has 4 rings (SSSR count). The lowest BCUT2D eigenvalue weighted by Crippen LogP contribution is -2.37. The highest BCUT2D eigenvalue weighted by molar-refractivity contribution is 6.07. The standard InChI is InChI=1S/C24H25N3O3/c1-18-22(12-13-23(28)19-8-10-21(29-2)11-9-19)24(26-14-16-30-17-15-26)27(25-18)20-6-4-3-5-7-20/h3-13H,14-17H2,1-2H3/b13-12+. The highest BCUT2D eigenvalue weighted by Gasteiger charge is 2.22. The summed E-state index contributed by atoms with van der Waals surface area (Å²) in [6.07, 6.45) is 3.49. The normalized spacial score (nSPS) is 14.3. The lowest BCUT2D eigenvalue weighted by atomic mass is 10.1. The molecule has 6 nitrogen and oxygen atoms in total. The van der Waals surface area contributed by atoms with Gasteiger partial charge in [0, 0.05) is 24.2 Å². The topological polar surface area (TPSA) is 56.6 Å². The number of rotatable bonds is 6. The average molecular weight is 403 g/mol. The number of methoxy groups -OCH3 is 1. The minimum atomic E-state index is -0.0579. The van der Waals surface area contributed by atoms with Crippen molar-refractivity contribution in [1.29, 1.82) is 0 Å². The maximum absolute atomic E-state index is 12.7. The molecular formula is C24H25N3O3. The highest BCUT2D eigenvalue weighted by Crippen LogP contribution is 2.29. The Balaban J connectivity index is 1.70. The van der Waals surface area contributed by atoms with Crippen molar-refractivity contribution in [3.8, 4) is 11.4 Å². The molecule has 0 saturated carbocycles. The molecule has 2 heterocycles. The Bertz CT molecular complexity index is 1030. The van der Waals surface area contributed by atoms with Crippen molar-refractivity contribution in [3.05, 3.63) is 77.5 Å². The summed E-state index contributed by atoms with van der Waals surface area (Å²) in [6.45, 7) is 4.89. The number of aryl methyl sites for hydroxylation is 1. The summed E-state index contributed by atoms with van der Waals surface area (Å²) in [7, 11) is 1.61. The molecule has 1 fully saturated rings. The molecule has 0 aliphatic carbocycles. The minimum Gasteiger partial charge on any atom is -0.497 e. The van der Waals surface area contributed by atoms with Crippen molar-refractivity contribution in [2.75, 3.05) is 38.3 Å². The van der Waals surface area contributed by atoms with Gasteiger partial charge in [-0.05, 0) is 55.5 Å². The zero-order valence-corrected chi connectivity index (χ0v) is 17.2. The third kappa shape index (κ3) is 4.14. The van der Waals surface area contributed by atoms with Crippen LogP contribution in [0.3, 0.4) is 0 Å². The van der Waals surface area contributed by atoms with E-state index in [1.54, 1.807) is 37.5 Å². The lowest BCUT2D eigenvalue weighted by molar-refractivity contribution is 0.104. The lowest BCUT2D eigenvalue weighted by Gasteiger charge is -2.29. The van der Waals surface area contributed by atoms with Crippen LogP contribution in [0.1, 0.15) is 21.6 Å². The molecule has 1 saturated heterocycles. The number of ketones is 1. The van der Waals surface area contributed by atoms with Crippen LogP contribution in [0.4, 0.5) is 5.82 Å². The molecule has 0 atom stereocenters. The number of ether oxygens (including phenoxy) is 2. The molecule has 0 bridgehead atoms. The van der Waals surface area contributed by atoms with Crippen LogP contribution in [0.25, 0.3) is 11.8 Å². The van der Waals surface area contributed by atoms with Gasteiger partial charge >= 0.3 is 0 Å². The summed E-state index contributed by atoms with van der Waals surface area (Å²) >= 11 is 0. The number of nitrogens with zero attached hydrogens (tertiary/aromatic N) is 3. The summed E-state index contributed by atoms with van der Waals surface area (Å²) in [5, 5.41) is 4.78. The fourth-order valence-electron chi connectivity index (χ4n) is 3.56. The second kappa shape index (κ2) is 8.97. The number of carbonyl (C=O) groups is 1. The number of para-hydroxylation sites is 1. The maximum atomic E-state index is 12.7. The highest BCUT2D eigenvalue weighted by atomic mass is 16.5. The molecule has 1 aliphatic rings. The van der Waals surface area contributed by atoms with E-state index in [9.17, 15) is 4.79 Å². The first-order valence-electron chi connectivity index (χ1n) is 10.0. The minimum absolute atomic E-state index is 0.0579. The van der Waals surface area contributed by atoms with Crippen LogP contribution in [0, 0.1) is 6.92 Å².